The first-order valence-electron chi connectivity index (χ1n) is 7.06. The van der Waals surface area contributed by atoms with E-state index in [-0.39, 0.29) is 0 Å². The molecule has 0 saturated carbocycles. The lowest BCUT2D eigenvalue weighted by Gasteiger charge is -2.44. The van der Waals surface area contributed by atoms with E-state index < -0.39 is 73.4 Å². The fourth-order valence-electron chi connectivity index (χ4n) is 2.52. The Labute approximate surface area is 139 Å². The van der Waals surface area contributed by atoms with Crippen LogP contribution in [-0.4, -0.2) is 114 Å². The zero-order valence-electron chi connectivity index (χ0n) is 12.4. The number of rotatable bonds is 4. The molecule has 0 radical (unpaired) electrons. The number of carboxylic acid groups (broad SMARTS) is 2. The first-order chi connectivity index (χ1) is 11.6. The van der Waals surface area contributed by atoms with E-state index in [1.165, 1.54) is 0 Å². The lowest BCUT2D eigenvalue weighted by molar-refractivity contribution is -0.346. The van der Waals surface area contributed by atoms with Crippen LogP contribution in [0.3, 0.4) is 0 Å². The molecule has 0 spiro atoms. The molecule has 0 unspecified atom stereocenters. The third kappa shape index (κ3) is 3.74. The smallest absolute Gasteiger partial charge is 0.335 e. The average Bonchev–Trinajstić information content (AvgIpc) is 2.54. The SMILES string of the molecule is O=C(O)[C@H]1O[C@H](O[C@@H]2[C@H](O)[C@@H](O)[C@H](O)O[C@@H]2C(=O)O)[C@H](O)[C@@H](O)[C@H]1O. The summed E-state index contributed by atoms with van der Waals surface area (Å²) in [6.07, 6.45) is -19.9. The second kappa shape index (κ2) is 7.45. The van der Waals surface area contributed by atoms with Gasteiger partial charge in [0.25, 0.3) is 0 Å². The number of ether oxygens (including phenoxy) is 3. The van der Waals surface area contributed by atoms with Crippen LogP contribution < -0.4 is 0 Å². The van der Waals surface area contributed by atoms with Crippen molar-refractivity contribution in [3.05, 3.63) is 0 Å². The van der Waals surface area contributed by atoms with Gasteiger partial charge in [0.15, 0.2) is 24.8 Å². The Kier molecular flexibility index (Phi) is 5.93. The number of hydrogen-bond donors (Lipinski definition) is 8. The number of aliphatic hydroxyl groups is 6. The molecule has 25 heavy (non-hydrogen) atoms. The molecule has 2 fully saturated rings. The summed E-state index contributed by atoms with van der Waals surface area (Å²) in [4.78, 5) is 22.2. The van der Waals surface area contributed by atoms with E-state index >= 15 is 0 Å². The van der Waals surface area contributed by atoms with Crippen LogP contribution in [-0.2, 0) is 23.8 Å². The van der Waals surface area contributed by atoms with Crippen LogP contribution in [0.25, 0.3) is 0 Å². The van der Waals surface area contributed by atoms with E-state index in [2.05, 4.69) is 4.74 Å². The van der Waals surface area contributed by atoms with Crippen LogP contribution in [0.2, 0.25) is 0 Å². The maximum atomic E-state index is 11.2. The zero-order valence-corrected chi connectivity index (χ0v) is 12.4. The Balaban J connectivity index is 2.22. The van der Waals surface area contributed by atoms with Gasteiger partial charge in [0, 0.05) is 0 Å². The Bertz CT molecular complexity index is 511. The molecule has 2 rings (SSSR count). The molecule has 13 nitrogen and oxygen atoms in total. The van der Waals surface area contributed by atoms with E-state index in [0.29, 0.717) is 0 Å². The summed E-state index contributed by atoms with van der Waals surface area (Å²) < 4.78 is 14.4. The van der Waals surface area contributed by atoms with Crippen molar-refractivity contribution in [2.75, 3.05) is 0 Å². The van der Waals surface area contributed by atoms with Crippen molar-refractivity contribution in [1.82, 2.24) is 0 Å². The normalized spacial score (nSPS) is 48.1. The quantitative estimate of drug-likeness (QED) is 0.232. The summed E-state index contributed by atoms with van der Waals surface area (Å²) in [7, 11) is 0. The first kappa shape index (κ1) is 19.9. The van der Waals surface area contributed by atoms with E-state index in [4.69, 9.17) is 19.7 Å². The van der Waals surface area contributed by atoms with Gasteiger partial charge in [0.2, 0.25) is 0 Å². The van der Waals surface area contributed by atoms with E-state index in [0.717, 1.165) is 0 Å². The molecule has 2 heterocycles. The lowest BCUT2D eigenvalue weighted by atomic mass is 9.96. The fourth-order valence-corrected chi connectivity index (χ4v) is 2.52. The number of hydrogen-bond acceptors (Lipinski definition) is 11. The van der Waals surface area contributed by atoms with Gasteiger partial charge in [-0.2, -0.15) is 0 Å². The third-order valence-electron chi connectivity index (χ3n) is 3.91. The highest BCUT2D eigenvalue weighted by atomic mass is 16.7. The summed E-state index contributed by atoms with van der Waals surface area (Å²) in [6.45, 7) is 0. The molecule has 0 aromatic rings. The van der Waals surface area contributed by atoms with Crippen LogP contribution in [0.1, 0.15) is 0 Å². The molecule has 13 heteroatoms. The van der Waals surface area contributed by atoms with Crippen molar-refractivity contribution < 1.29 is 64.7 Å². The van der Waals surface area contributed by atoms with Gasteiger partial charge in [-0.05, 0) is 0 Å². The summed E-state index contributed by atoms with van der Waals surface area (Å²) in [5.41, 5.74) is 0. The van der Waals surface area contributed by atoms with Crippen molar-refractivity contribution in [3.63, 3.8) is 0 Å². The maximum absolute atomic E-state index is 11.2. The maximum Gasteiger partial charge on any atom is 0.335 e. The van der Waals surface area contributed by atoms with Gasteiger partial charge in [0.05, 0.1) is 0 Å². The standard InChI is InChI=1S/C12H18O13/c13-1-2(14)7(9(18)19)25-12(5(1)17)24-6-3(15)4(16)11(22)23-8(6)10(20)21/h1-8,11-17,22H,(H,18,19)(H,20,21)/t1-,2+,3+,4+,5+,6+,7-,8-,11+,12-/m0/s1. The van der Waals surface area contributed by atoms with Gasteiger partial charge in [0.1, 0.15) is 36.6 Å². The first-order valence-corrected chi connectivity index (χ1v) is 7.06. The summed E-state index contributed by atoms with van der Waals surface area (Å²) in [5, 5.41) is 75.9. The molecular formula is C12H18O13. The van der Waals surface area contributed by atoms with Crippen LogP contribution in [0.4, 0.5) is 0 Å². The highest BCUT2D eigenvalue weighted by Crippen LogP contribution is 2.28. The van der Waals surface area contributed by atoms with E-state index in [9.17, 15) is 40.2 Å². The number of carbonyl (C=O) groups is 2. The molecule has 8 N–H and O–H groups in total. The van der Waals surface area contributed by atoms with E-state index in [1.807, 2.05) is 0 Å². The summed E-state index contributed by atoms with van der Waals surface area (Å²) in [5.74, 6) is -3.39. The summed E-state index contributed by atoms with van der Waals surface area (Å²) >= 11 is 0. The van der Waals surface area contributed by atoms with Gasteiger partial charge in [-0.25, -0.2) is 9.59 Å². The van der Waals surface area contributed by atoms with Crippen LogP contribution in [0.5, 0.6) is 0 Å². The largest absolute Gasteiger partial charge is 0.479 e. The van der Waals surface area contributed by atoms with Gasteiger partial charge < -0.3 is 55.1 Å². The molecule has 10 atom stereocenters. The van der Waals surface area contributed by atoms with Crippen LogP contribution in [0.15, 0.2) is 0 Å². The molecule has 0 aliphatic carbocycles. The molecule has 2 aliphatic rings. The minimum Gasteiger partial charge on any atom is -0.479 e. The molecule has 0 aromatic heterocycles. The van der Waals surface area contributed by atoms with Crippen molar-refractivity contribution in [2.45, 2.75) is 61.4 Å². The Hall–Kier alpha value is -1.42. The third-order valence-corrected chi connectivity index (χ3v) is 3.91. The second-order valence-electron chi connectivity index (χ2n) is 5.60. The molecule has 0 bridgehead atoms. The predicted octanol–water partition coefficient (Wildman–Crippen LogP) is -5.21. The summed E-state index contributed by atoms with van der Waals surface area (Å²) in [6, 6.07) is 0. The van der Waals surface area contributed by atoms with Crippen molar-refractivity contribution >= 4 is 11.9 Å². The number of aliphatic carboxylic acids is 2. The Morgan fingerprint density at radius 3 is 1.76 bits per heavy atom. The van der Waals surface area contributed by atoms with Crippen molar-refractivity contribution in [1.29, 1.82) is 0 Å². The van der Waals surface area contributed by atoms with E-state index in [1.54, 1.807) is 0 Å². The Morgan fingerprint density at radius 2 is 1.24 bits per heavy atom. The highest BCUT2D eigenvalue weighted by Gasteiger charge is 2.53. The second-order valence-corrected chi connectivity index (χ2v) is 5.60. The monoisotopic (exact) mass is 370 g/mol. The lowest BCUT2D eigenvalue weighted by Crippen LogP contribution is -2.65. The van der Waals surface area contributed by atoms with Gasteiger partial charge in [-0.15, -0.1) is 0 Å². The molecule has 0 amide bonds. The van der Waals surface area contributed by atoms with Crippen molar-refractivity contribution in [2.24, 2.45) is 0 Å². The van der Waals surface area contributed by atoms with Crippen LogP contribution in [0, 0.1) is 0 Å². The molecule has 2 aliphatic heterocycles. The molecular weight excluding hydrogens is 352 g/mol. The number of aliphatic hydroxyl groups excluding tert-OH is 6. The fraction of sp³-hybridized carbons (Fsp3) is 0.833. The predicted molar refractivity (Wildman–Crippen MR) is 69.7 cm³/mol. The molecule has 0 aromatic carbocycles. The minimum atomic E-state index is -2.03. The van der Waals surface area contributed by atoms with Gasteiger partial charge in [-0.1, -0.05) is 0 Å². The molecule has 144 valence electrons. The van der Waals surface area contributed by atoms with Crippen molar-refractivity contribution in [3.8, 4) is 0 Å². The minimum absolute atomic E-state index is 1.70. The Morgan fingerprint density at radius 1 is 0.680 bits per heavy atom. The van der Waals surface area contributed by atoms with Crippen LogP contribution >= 0.6 is 0 Å². The number of carboxylic acids is 2. The average molecular weight is 370 g/mol. The zero-order chi connectivity index (χ0) is 19.0. The topological polar surface area (TPSA) is 224 Å². The molecule has 2 saturated heterocycles. The highest BCUT2D eigenvalue weighted by molar-refractivity contribution is 5.74. The van der Waals surface area contributed by atoms with Gasteiger partial charge in [-0.3, -0.25) is 0 Å². The van der Waals surface area contributed by atoms with Gasteiger partial charge >= 0.3 is 11.9 Å².